The van der Waals surface area contributed by atoms with Crippen molar-refractivity contribution in [2.24, 2.45) is 0 Å². The van der Waals surface area contributed by atoms with E-state index < -0.39 is 0 Å². The summed E-state index contributed by atoms with van der Waals surface area (Å²) in [6.45, 7) is 4.43. The molecule has 0 unspecified atom stereocenters. The van der Waals surface area contributed by atoms with Gasteiger partial charge in [0.15, 0.2) is 0 Å². The molecule has 1 aliphatic carbocycles. The summed E-state index contributed by atoms with van der Waals surface area (Å²) in [7, 11) is 0. The molecule has 0 saturated heterocycles. The van der Waals surface area contributed by atoms with Gasteiger partial charge in [0.05, 0.1) is 10.5 Å². The third-order valence-corrected chi connectivity index (χ3v) is 4.56. The smallest absolute Gasteiger partial charge is 0.0720 e. The van der Waals surface area contributed by atoms with Gasteiger partial charge in [-0.1, -0.05) is 37.9 Å². The number of fused-ring (bicyclic) bond motifs is 2. The van der Waals surface area contributed by atoms with Crippen LogP contribution in [0.3, 0.4) is 0 Å². The van der Waals surface area contributed by atoms with Gasteiger partial charge in [0.25, 0.3) is 0 Å². The molecule has 0 fully saturated rings. The third kappa shape index (κ3) is 2.36. The summed E-state index contributed by atoms with van der Waals surface area (Å²) in [5, 5.41) is 2.08. The van der Waals surface area contributed by atoms with Crippen molar-refractivity contribution in [3.63, 3.8) is 0 Å². The molecular weight excluding hydrogens is 254 g/mol. The van der Waals surface area contributed by atoms with E-state index in [9.17, 15) is 0 Å². The fraction of sp³-hybridized carbons (Fsp3) is 0.471. The van der Waals surface area contributed by atoms with Crippen LogP contribution in [-0.4, -0.2) is 4.98 Å². The second kappa shape index (κ2) is 5.13. The SMILES string of the molecule is CC(C)c1ccc2nc3c(c(Cl)c2c1)CCCCC3. The minimum Gasteiger partial charge on any atom is -0.252 e. The predicted octanol–water partition coefficient (Wildman–Crippen LogP) is 5.28. The van der Waals surface area contributed by atoms with Gasteiger partial charge < -0.3 is 0 Å². The molecule has 0 radical (unpaired) electrons. The monoisotopic (exact) mass is 273 g/mol. The molecule has 2 aromatic rings. The van der Waals surface area contributed by atoms with Crippen LogP contribution in [0.5, 0.6) is 0 Å². The van der Waals surface area contributed by atoms with E-state index in [1.165, 1.54) is 36.1 Å². The Kier molecular flexibility index (Phi) is 3.49. The molecular formula is C17H20ClN. The molecule has 100 valence electrons. The van der Waals surface area contributed by atoms with Gasteiger partial charge in [-0.2, -0.15) is 0 Å². The van der Waals surface area contributed by atoms with Crippen LogP contribution in [0.25, 0.3) is 10.9 Å². The topological polar surface area (TPSA) is 12.9 Å². The highest BCUT2D eigenvalue weighted by Gasteiger charge is 2.16. The first-order chi connectivity index (χ1) is 9.16. The van der Waals surface area contributed by atoms with E-state index in [0.29, 0.717) is 5.92 Å². The van der Waals surface area contributed by atoms with Crippen molar-refractivity contribution >= 4 is 22.5 Å². The van der Waals surface area contributed by atoms with Crippen LogP contribution >= 0.6 is 11.6 Å². The summed E-state index contributed by atoms with van der Waals surface area (Å²) < 4.78 is 0. The lowest BCUT2D eigenvalue weighted by molar-refractivity contribution is 0.709. The lowest BCUT2D eigenvalue weighted by Crippen LogP contribution is -1.99. The van der Waals surface area contributed by atoms with Crippen LogP contribution in [0.1, 0.15) is 55.8 Å². The first-order valence-corrected chi connectivity index (χ1v) is 7.65. The Bertz CT molecular complexity index is 616. The second-order valence-corrected chi connectivity index (χ2v) is 6.22. The fourth-order valence-electron chi connectivity index (χ4n) is 2.92. The van der Waals surface area contributed by atoms with Crippen LogP contribution in [0.4, 0.5) is 0 Å². The van der Waals surface area contributed by atoms with E-state index in [1.807, 2.05) is 0 Å². The zero-order valence-corrected chi connectivity index (χ0v) is 12.4. The molecule has 1 heterocycles. The molecule has 19 heavy (non-hydrogen) atoms. The van der Waals surface area contributed by atoms with Crippen molar-refractivity contribution in [3.8, 4) is 0 Å². The predicted molar refractivity (Wildman–Crippen MR) is 82.1 cm³/mol. The molecule has 0 atom stereocenters. The minimum atomic E-state index is 0.527. The molecule has 0 amide bonds. The average Bonchev–Trinajstić information content (AvgIpc) is 2.64. The molecule has 0 saturated carbocycles. The number of aromatic nitrogens is 1. The van der Waals surface area contributed by atoms with Gasteiger partial charge in [-0.25, -0.2) is 0 Å². The van der Waals surface area contributed by atoms with E-state index in [2.05, 4.69) is 32.0 Å². The molecule has 0 aliphatic heterocycles. The number of aryl methyl sites for hydroxylation is 1. The molecule has 3 rings (SSSR count). The van der Waals surface area contributed by atoms with E-state index in [4.69, 9.17) is 16.6 Å². The van der Waals surface area contributed by atoms with E-state index in [1.54, 1.807) is 0 Å². The maximum absolute atomic E-state index is 6.67. The van der Waals surface area contributed by atoms with Crippen molar-refractivity contribution < 1.29 is 0 Å². The molecule has 0 spiro atoms. The first-order valence-electron chi connectivity index (χ1n) is 7.27. The number of hydrogen-bond acceptors (Lipinski definition) is 1. The highest BCUT2D eigenvalue weighted by Crippen LogP contribution is 2.33. The van der Waals surface area contributed by atoms with Crippen molar-refractivity contribution in [2.75, 3.05) is 0 Å². The fourth-order valence-corrected chi connectivity index (χ4v) is 3.27. The van der Waals surface area contributed by atoms with Crippen LogP contribution in [0.2, 0.25) is 5.02 Å². The Labute approximate surface area is 120 Å². The molecule has 2 heteroatoms. The summed E-state index contributed by atoms with van der Waals surface area (Å²) in [4.78, 5) is 4.85. The Hall–Kier alpha value is -1.08. The van der Waals surface area contributed by atoms with Crippen molar-refractivity contribution in [1.82, 2.24) is 4.98 Å². The van der Waals surface area contributed by atoms with Crippen LogP contribution in [0.15, 0.2) is 18.2 Å². The number of hydrogen-bond donors (Lipinski definition) is 0. The molecule has 0 bridgehead atoms. The summed E-state index contributed by atoms with van der Waals surface area (Å²) in [6.07, 6.45) is 5.94. The highest BCUT2D eigenvalue weighted by molar-refractivity contribution is 6.36. The van der Waals surface area contributed by atoms with Crippen molar-refractivity contribution in [1.29, 1.82) is 0 Å². The first kappa shape index (κ1) is 12.9. The van der Waals surface area contributed by atoms with Crippen molar-refractivity contribution in [2.45, 2.75) is 51.9 Å². The zero-order chi connectivity index (χ0) is 13.4. The number of pyridine rings is 1. The van der Waals surface area contributed by atoms with Gasteiger partial charge in [-0.15, -0.1) is 0 Å². The Morgan fingerprint density at radius 2 is 1.89 bits per heavy atom. The molecule has 0 N–H and O–H groups in total. The van der Waals surface area contributed by atoms with Gasteiger partial charge in [-0.05, 0) is 54.9 Å². The van der Waals surface area contributed by atoms with E-state index in [0.717, 1.165) is 28.8 Å². The standard InChI is InChI=1S/C17H20ClN/c1-11(2)12-8-9-16-14(10-12)17(18)13-6-4-3-5-7-15(13)19-16/h8-11H,3-7H2,1-2H3. The minimum absolute atomic E-state index is 0.527. The lowest BCUT2D eigenvalue weighted by Gasteiger charge is -2.13. The van der Waals surface area contributed by atoms with Gasteiger partial charge in [-0.3, -0.25) is 4.98 Å². The normalized spacial score (nSPS) is 15.6. The van der Waals surface area contributed by atoms with Crippen LogP contribution in [0, 0.1) is 0 Å². The molecule has 1 aliphatic rings. The highest BCUT2D eigenvalue weighted by atomic mass is 35.5. The number of halogens is 1. The Morgan fingerprint density at radius 3 is 2.68 bits per heavy atom. The van der Waals surface area contributed by atoms with E-state index in [-0.39, 0.29) is 0 Å². The quantitative estimate of drug-likeness (QED) is 0.644. The lowest BCUT2D eigenvalue weighted by atomic mass is 9.99. The maximum Gasteiger partial charge on any atom is 0.0720 e. The Morgan fingerprint density at radius 1 is 1.11 bits per heavy atom. The maximum atomic E-state index is 6.67. The summed E-state index contributed by atoms with van der Waals surface area (Å²) in [6, 6.07) is 6.53. The Balaban J connectivity index is 2.22. The molecule has 1 aromatic heterocycles. The number of benzene rings is 1. The summed E-state index contributed by atoms with van der Waals surface area (Å²) in [5.41, 5.74) is 4.92. The van der Waals surface area contributed by atoms with Gasteiger partial charge >= 0.3 is 0 Å². The van der Waals surface area contributed by atoms with Gasteiger partial charge in [0.2, 0.25) is 0 Å². The van der Waals surface area contributed by atoms with Crippen LogP contribution in [-0.2, 0) is 12.8 Å². The number of nitrogens with zero attached hydrogens (tertiary/aromatic N) is 1. The van der Waals surface area contributed by atoms with Gasteiger partial charge in [0, 0.05) is 11.1 Å². The summed E-state index contributed by atoms with van der Waals surface area (Å²) >= 11 is 6.67. The molecule has 1 nitrogen and oxygen atoms in total. The zero-order valence-electron chi connectivity index (χ0n) is 11.7. The second-order valence-electron chi connectivity index (χ2n) is 5.84. The largest absolute Gasteiger partial charge is 0.252 e. The van der Waals surface area contributed by atoms with Crippen LogP contribution < -0.4 is 0 Å². The molecule has 1 aromatic carbocycles. The average molecular weight is 274 g/mol. The third-order valence-electron chi connectivity index (χ3n) is 4.13. The van der Waals surface area contributed by atoms with E-state index >= 15 is 0 Å². The number of rotatable bonds is 1. The van der Waals surface area contributed by atoms with Crippen molar-refractivity contribution in [3.05, 3.63) is 40.0 Å². The van der Waals surface area contributed by atoms with Gasteiger partial charge in [0.1, 0.15) is 0 Å². The summed E-state index contributed by atoms with van der Waals surface area (Å²) in [5.74, 6) is 0.527.